The molecule has 3 unspecified atom stereocenters. The van der Waals surface area contributed by atoms with Crippen molar-refractivity contribution in [3.05, 3.63) is 0 Å². The van der Waals surface area contributed by atoms with Crippen molar-refractivity contribution in [2.75, 3.05) is 12.0 Å². The Morgan fingerprint density at radius 3 is 2.67 bits per heavy atom. The number of hydrogen-bond donors (Lipinski definition) is 1. The van der Waals surface area contributed by atoms with Gasteiger partial charge in [0.2, 0.25) is 0 Å². The lowest BCUT2D eigenvalue weighted by atomic mass is 9.73. The Hall–Kier alpha value is 0.310. The third-order valence-electron chi connectivity index (χ3n) is 3.85. The van der Waals surface area contributed by atoms with Gasteiger partial charge in [0.15, 0.2) is 0 Å². The number of thioether (sulfide) groups is 1. The van der Waals surface area contributed by atoms with E-state index in [9.17, 15) is 5.11 Å². The smallest absolute Gasteiger partial charge is 0.0568 e. The van der Waals surface area contributed by atoms with Crippen molar-refractivity contribution in [1.29, 1.82) is 0 Å². The second-order valence-corrected chi connectivity index (χ2v) is 6.27. The molecule has 1 fully saturated rings. The Morgan fingerprint density at radius 2 is 2.07 bits per heavy atom. The molecular formula is C13H26OS. The van der Waals surface area contributed by atoms with Crippen LogP contribution in [0.5, 0.6) is 0 Å². The monoisotopic (exact) mass is 230 g/mol. The quantitative estimate of drug-likeness (QED) is 0.729. The van der Waals surface area contributed by atoms with E-state index in [4.69, 9.17) is 0 Å². The SMILES string of the molecule is CSCCCC1CC(C(C)C)CCC1O. The van der Waals surface area contributed by atoms with Crippen LogP contribution in [0.2, 0.25) is 0 Å². The Morgan fingerprint density at radius 1 is 1.33 bits per heavy atom. The van der Waals surface area contributed by atoms with E-state index in [2.05, 4.69) is 20.1 Å². The Labute approximate surface area is 99.0 Å². The molecule has 90 valence electrons. The van der Waals surface area contributed by atoms with Crippen LogP contribution in [-0.4, -0.2) is 23.2 Å². The van der Waals surface area contributed by atoms with E-state index in [0.29, 0.717) is 5.92 Å². The number of aliphatic hydroxyl groups excluding tert-OH is 1. The van der Waals surface area contributed by atoms with Crippen molar-refractivity contribution < 1.29 is 5.11 Å². The molecule has 2 heteroatoms. The van der Waals surface area contributed by atoms with Crippen molar-refractivity contribution in [1.82, 2.24) is 0 Å². The van der Waals surface area contributed by atoms with E-state index in [0.717, 1.165) is 18.3 Å². The van der Waals surface area contributed by atoms with Crippen molar-refractivity contribution in [3.8, 4) is 0 Å². The van der Waals surface area contributed by atoms with E-state index in [1.54, 1.807) is 0 Å². The average molecular weight is 230 g/mol. The summed E-state index contributed by atoms with van der Waals surface area (Å²) in [5.74, 6) is 3.47. The second kappa shape index (κ2) is 6.80. The molecule has 0 aromatic heterocycles. The molecule has 3 atom stereocenters. The third-order valence-corrected chi connectivity index (χ3v) is 4.55. The van der Waals surface area contributed by atoms with Crippen molar-refractivity contribution >= 4 is 11.8 Å². The van der Waals surface area contributed by atoms with Gasteiger partial charge in [-0.2, -0.15) is 11.8 Å². The van der Waals surface area contributed by atoms with Crippen LogP contribution in [0.3, 0.4) is 0 Å². The molecule has 0 heterocycles. The van der Waals surface area contributed by atoms with Crippen LogP contribution in [-0.2, 0) is 0 Å². The lowest BCUT2D eigenvalue weighted by molar-refractivity contribution is 0.0334. The molecule has 0 aromatic rings. The maximum Gasteiger partial charge on any atom is 0.0568 e. The fourth-order valence-electron chi connectivity index (χ4n) is 2.69. The molecule has 0 bridgehead atoms. The van der Waals surface area contributed by atoms with Crippen LogP contribution in [0.4, 0.5) is 0 Å². The summed E-state index contributed by atoms with van der Waals surface area (Å²) in [4.78, 5) is 0. The summed E-state index contributed by atoms with van der Waals surface area (Å²) in [5.41, 5.74) is 0. The summed E-state index contributed by atoms with van der Waals surface area (Å²) in [6.07, 6.45) is 8.17. The molecule has 0 aliphatic heterocycles. The summed E-state index contributed by atoms with van der Waals surface area (Å²) in [6, 6.07) is 0. The zero-order valence-electron chi connectivity index (χ0n) is 10.4. The molecule has 0 saturated heterocycles. The summed E-state index contributed by atoms with van der Waals surface area (Å²) in [7, 11) is 0. The van der Waals surface area contributed by atoms with Crippen molar-refractivity contribution in [2.45, 2.75) is 52.1 Å². The van der Waals surface area contributed by atoms with Crippen LogP contribution in [0.25, 0.3) is 0 Å². The maximum atomic E-state index is 9.96. The van der Waals surface area contributed by atoms with Gasteiger partial charge in [-0.15, -0.1) is 0 Å². The van der Waals surface area contributed by atoms with E-state index in [-0.39, 0.29) is 6.10 Å². The predicted octanol–water partition coefficient (Wildman–Crippen LogP) is 3.56. The highest BCUT2D eigenvalue weighted by molar-refractivity contribution is 7.98. The Bertz CT molecular complexity index is 170. The van der Waals surface area contributed by atoms with Gasteiger partial charge in [0.05, 0.1) is 6.10 Å². The minimum absolute atomic E-state index is 0.0122. The van der Waals surface area contributed by atoms with Gasteiger partial charge in [0.25, 0.3) is 0 Å². The van der Waals surface area contributed by atoms with Crippen LogP contribution in [0.1, 0.15) is 46.0 Å². The summed E-state index contributed by atoms with van der Waals surface area (Å²) in [6.45, 7) is 4.64. The first-order valence-corrected chi connectivity index (χ1v) is 7.71. The fourth-order valence-corrected chi connectivity index (χ4v) is 3.15. The minimum Gasteiger partial charge on any atom is -0.393 e. The van der Waals surface area contributed by atoms with Gasteiger partial charge in [-0.3, -0.25) is 0 Å². The van der Waals surface area contributed by atoms with Gasteiger partial charge in [-0.25, -0.2) is 0 Å². The highest BCUT2D eigenvalue weighted by Crippen LogP contribution is 2.36. The molecule has 0 radical (unpaired) electrons. The first-order valence-electron chi connectivity index (χ1n) is 6.32. The first-order chi connectivity index (χ1) is 7.15. The minimum atomic E-state index is -0.0122. The summed E-state index contributed by atoms with van der Waals surface area (Å²) < 4.78 is 0. The maximum absolute atomic E-state index is 9.96. The second-order valence-electron chi connectivity index (χ2n) is 5.28. The molecule has 1 rings (SSSR count). The van der Waals surface area contributed by atoms with Crippen molar-refractivity contribution in [2.24, 2.45) is 17.8 Å². The lowest BCUT2D eigenvalue weighted by Crippen LogP contribution is -2.31. The van der Waals surface area contributed by atoms with Crippen molar-refractivity contribution in [3.63, 3.8) is 0 Å². The lowest BCUT2D eigenvalue weighted by Gasteiger charge is -2.35. The van der Waals surface area contributed by atoms with E-state index < -0.39 is 0 Å². The summed E-state index contributed by atoms with van der Waals surface area (Å²) >= 11 is 1.92. The number of hydrogen-bond acceptors (Lipinski definition) is 2. The van der Waals surface area contributed by atoms with Crippen LogP contribution in [0.15, 0.2) is 0 Å². The highest BCUT2D eigenvalue weighted by Gasteiger charge is 2.29. The van der Waals surface area contributed by atoms with Gasteiger partial charge >= 0.3 is 0 Å². The number of aliphatic hydroxyl groups is 1. The van der Waals surface area contributed by atoms with Gasteiger partial charge < -0.3 is 5.11 Å². The molecule has 0 spiro atoms. The van der Waals surface area contributed by atoms with E-state index in [1.807, 2.05) is 11.8 Å². The van der Waals surface area contributed by atoms with E-state index >= 15 is 0 Å². The fraction of sp³-hybridized carbons (Fsp3) is 1.00. The molecule has 15 heavy (non-hydrogen) atoms. The summed E-state index contributed by atoms with van der Waals surface area (Å²) in [5, 5.41) is 9.96. The highest BCUT2D eigenvalue weighted by atomic mass is 32.2. The predicted molar refractivity (Wildman–Crippen MR) is 69.3 cm³/mol. The molecule has 1 saturated carbocycles. The van der Waals surface area contributed by atoms with Gasteiger partial charge in [-0.05, 0) is 61.9 Å². The van der Waals surface area contributed by atoms with Crippen LogP contribution < -0.4 is 0 Å². The largest absolute Gasteiger partial charge is 0.393 e. The molecule has 1 aliphatic carbocycles. The average Bonchev–Trinajstić information content (AvgIpc) is 2.20. The molecule has 1 N–H and O–H groups in total. The van der Waals surface area contributed by atoms with Crippen LogP contribution >= 0.6 is 11.8 Å². The van der Waals surface area contributed by atoms with Crippen LogP contribution in [0, 0.1) is 17.8 Å². The zero-order chi connectivity index (χ0) is 11.3. The zero-order valence-corrected chi connectivity index (χ0v) is 11.2. The Balaban J connectivity index is 2.32. The normalized spacial score (nSPS) is 32.2. The van der Waals surface area contributed by atoms with E-state index in [1.165, 1.54) is 31.4 Å². The third kappa shape index (κ3) is 4.36. The van der Waals surface area contributed by atoms with Gasteiger partial charge in [-0.1, -0.05) is 13.8 Å². The molecule has 0 amide bonds. The molecule has 0 aromatic carbocycles. The number of rotatable bonds is 5. The standard InChI is InChI=1S/C13H26OS/c1-10(2)11-6-7-13(14)12(9-11)5-4-8-15-3/h10-14H,4-9H2,1-3H3. The molecule has 1 nitrogen and oxygen atoms in total. The molecular weight excluding hydrogens is 204 g/mol. The van der Waals surface area contributed by atoms with Gasteiger partial charge in [0.1, 0.15) is 0 Å². The van der Waals surface area contributed by atoms with Gasteiger partial charge in [0, 0.05) is 0 Å². The Kier molecular flexibility index (Phi) is 6.06. The first kappa shape index (κ1) is 13.4. The molecule has 1 aliphatic rings. The topological polar surface area (TPSA) is 20.2 Å².